The van der Waals surface area contributed by atoms with E-state index in [2.05, 4.69) is 39.6 Å². The second-order valence-electron chi connectivity index (χ2n) is 9.02. The molecule has 0 spiro atoms. The molecule has 2 aromatic heterocycles. The molecular formula is C28H30N4O4. The molecule has 0 N–H and O–H groups in total. The minimum absolute atomic E-state index is 0.0235. The van der Waals surface area contributed by atoms with Crippen LogP contribution in [0.25, 0.3) is 10.9 Å². The van der Waals surface area contributed by atoms with Crippen molar-refractivity contribution in [3.63, 3.8) is 0 Å². The monoisotopic (exact) mass is 486 g/mol. The number of hydrogen-bond donors (Lipinski definition) is 0. The molecule has 0 unspecified atom stereocenters. The number of carbonyl (C=O) groups excluding carboxylic acids is 1. The molecule has 0 aliphatic heterocycles. The van der Waals surface area contributed by atoms with Crippen LogP contribution in [0.15, 0.2) is 60.8 Å². The summed E-state index contributed by atoms with van der Waals surface area (Å²) in [5.74, 6) is 1.10. The molecule has 1 aliphatic carbocycles. The first-order chi connectivity index (χ1) is 17.6. The Hall–Kier alpha value is -3.94. The van der Waals surface area contributed by atoms with E-state index in [0.29, 0.717) is 18.3 Å². The highest BCUT2D eigenvalue weighted by atomic mass is 16.5. The third-order valence-electron chi connectivity index (χ3n) is 6.70. The van der Waals surface area contributed by atoms with Crippen LogP contribution < -0.4 is 9.47 Å². The summed E-state index contributed by atoms with van der Waals surface area (Å²) in [6.07, 6.45) is 5.57. The molecule has 36 heavy (non-hydrogen) atoms. The van der Waals surface area contributed by atoms with Gasteiger partial charge in [0.25, 0.3) is 0 Å². The van der Waals surface area contributed by atoms with Crippen LogP contribution >= 0.6 is 0 Å². The summed E-state index contributed by atoms with van der Waals surface area (Å²) in [7, 11) is 1.63. The van der Waals surface area contributed by atoms with E-state index in [-0.39, 0.29) is 18.4 Å². The van der Waals surface area contributed by atoms with E-state index in [1.165, 1.54) is 10.9 Å². The lowest BCUT2D eigenvalue weighted by atomic mass is 9.82. The maximum atomic E-state index is 12.6. The number of pyridine rings is 1. The number of fused-ring (bicyclic) bond motifs is 1. The standard InChI is InChI=1S/C28H30N4O4/c1-3-35-28(33)26-27(32(31-30-26)18-19-6-11-23(34-2)12-7-19)36-24-13-8-20(9-14-24)21-10-15-25-22(17-21)5-4-16-29-25/h4-7,10-12,15-17,20,24H,3,8-9,13-14,18H2,1-2H3/t20-,24-. The first kappa shape index (κ1) is 23.8. The van der Waals surface area contributed by atoms with Gasteiger partial charge in [0.2, 0.25) is 11.6 Å². The van der Waals surface area contributed by atoms with Crippen LogP contribution in [0.2, 0.25) is 0 Å². The third-order valence-corrected chi connectivity index (χ3v) is 6.70. The summed E-state index contributed by atoms with van der Waals surface area (Å²) in [5, 5.41) is 9.49. The van der Waals surface area contributed by atoms with Crippen molar-refractivity contribution in [3.8, 4) is 11.6 Å². The van der Waals surface area contributed by atoms with Crippen LogP contribution in [0.4, 0.5) is 0 Å². The highest BCUT2D eigenvalue weighted by Crippen LogP contribution is 2.36. The lowest BCUT2D eigenvalue weighted by Gasteiger charge is -2.29. The van der Waals surface area contributed by atoms with Gasteiger partial charge in [-0.3, -0.25) is 4.98 Å². The average molecular weight is 487 g/mol. The van der Waals surface area contributed by atoms with Gasteiger partial charge >= 0.3 is 5.97 Å². The van der Waals surface area contributed by atoms with Crippen molar-refractivity contribution in [3.05, 3.63) is 77.6 Å². The minimum atomic E-state index is -0.521. The minimum Gasteiger partial charge on any atom is -0.497 e. The zero-order valence-corrected chi connectivity index (χ0v) is 20.6. The normalized spacial score (nSPS) is 17.6. The van der Waals surface area contributed by atoms with Gasteiger partial charge < -0.3 is 14.2 Å². The van der Waals surface area contributed by atoms with E-state index < -0.39 is 5.97 Å². The maximum absolute atomic E-state index is 12.6. The van der Waals surface area contributed by atoms with Gasteiger partial charge in [0.15, 0.2) is 0 Å². The number of benzene rings is 2. The summed E-state index contributed by atoms with van der Waals surface area (Å²) in [6.45, 7) is 2.45. The Morgan fingerprint density at radius 2 is 1.86 bits per heavy atom. The van der Waals surface area contributed by atoms with Crippen molar-refractivity contribution in [1.29, 1.82) is 0 Å². The topological polar surface area (TPSA) is 88.4 Å². The SMILES string of the molecule is CCOC(=O)c1nnn(Cc2ccc(OC)cc2)c1O[C@H]1CC[C@H](c2ccc3ncccc3c2)CC1. The van der Waals surface area contributed by atoms with Crippen LogP contribution in [0.1, 0.15) is 60.1 Å². The molecule has 0 atom stereocenters. The number of rotatable bonds is 8. The van der Waals surface area contributed by atoms with Crippen molar-refractivity contribution in [2.24, 2.45) is 0 Å². The Labute approximate surface area is 210 Å². The van der Waals surface area contributed by atoms with Gasteiger partial charge in [-0.25, -0.2) is 9.48 Å². The highest BCUT2D eigenvalue weighted by Gasteiger charge is 2.29. The van der Waals surface area contributed by atoms with Gasteiger partial charge in [-0.15, -0.1) is 5.10 Å². The summed E-state index contributed by atoms with van der Waals surface area (Å²) in [6, 6.07) is 18.3. The number of nitrogens with zero attached hydrogens (tertiary/aromatic N) is 4. The summed E-state index contributed by atoms with van der Waals surface area (Å²) >= 11 is 0. The number of carbonyl (C=O) groups is 1. The number of methoxy groups -OCH3 is 1. The van der Waals surface area contributed by atoms with Gasteiger partial charge in [0.1, 0.15) is 11.9 Å². The molecule has 1 aliphatic rings. The molecular weight excluding hydrogens is 456 g/mol. The van der Waals surface area contributed by atoms with Gasteiger partial charge in [0, 0.05) is 11.6 Å². The van der Waals surface area contributed by atoms with Gasteiger partial charge in [0.05, 0.1) is 25.8 Å². The first-order valence-corrected chi connectivity index (χ1v) is 12.4. The van der Waals surface area contributed by atoms with Crippen molar-refractivity contribution >= 4 is 16.9 Å². The van der Waals surface area contributed by atoms with Crippen molar-refractivity contribution in [1.82, 2.24) is 20.0 Å². The molecule has 0 amide bonds. The molecule has 0 bridgehead atoms. The fraction of sp³-hybridized carbons (Fsp3) is 0.357. The Bertz CT molecular complexity index is 1330. The molecule has 4 aromatic rings. The van der Waals surface area contributed by atoms with Crippen LogP contribution in [-0.4, -0.2) is 45.8 Å². The van der Waals surface area contributed by atoms with E-state index in [1.807, 2.05) is 36.5 Å². The van der Waals surface area contributed by atoms with Crippen LogP contribution in [-0.2, 0) is 11.3 Å². The first-order valence-electron chi connectivity index (χ1n) is 12.4. The van der Waals surface area contributed by atoms with Gasteiger partial charge in [-0.2, -0.15) is 0 Å². The Kier molecular flexibility index (Phi) is 7.11. The summed E-state index contributed by atoms with van der Waals surface area (Å²) < 4.78 is 18.5. The molecule has 1 saturated carbocycles. The quantitative estimate of drug-likeness (QED) is 0.318. The molecule has 2 aromatic carbocycles. The van der Waals surface area contributed by atoms with E-state index in [9.17, 15) is 4.79 Å². The third kappa shape index (κ3) is 5.17. The van der Waals surface area contributed by atoms with Crippen LogP contribution in [0.5, 0.6) is 11.6 Å². The van der Waals surface area contributed by atoms with E-state index >= 15 is 0 Å². The van der Waals surface area contributed by atoms with Crippen molar-refractivity contribution < 1.29 is 19.0 Å². The molecule has 2 heterocycles. The molecule has 8 heteroatoms. The summed E-state index contributed by atoms with van der Waals surface area (Å²) in [5.41, 5.74) is 3.47. The number of hydrogen-bond acceptors (Lipinski definition) is 7. The lowest BCUT2D eigenvalue weighted by molar-refractivity contribution is 0.0507. The predicted molar refractivity (Wildman–Crippen MR) is 135 cm³/mol. The Balaban J connectivity index is 1.30. The molecule has 186 valence electrons. The largest absolute Gasteiger partial charge is 0.497 e. The number of ether oxygens (including phenoxy) is 3. The summed E-state index contributed by atoms with van der Waals surface area (Å²) in [4.78, 5) is 17.0. The average Bonchev–Trinajstić information content (AvgIpc) is 3.31. The second kappa shape index (κ2) is 10.8. The molecule has 0 radical (unpaired) electrons. The van der Waals surface area contributed by atoms with E-state index in [1.54, 1.807) is 18.7 Å². The van der Waals surface area contributed by atoms with Gasteiger partial charge in [-0.05, 0) is 80.0 Å². The van der Waals surface area contributed by atoms with Crippen molar-refractivity contribution in [2.45, 2.75) is 51.2 Å². The zero-order valence-electron chi connectivity index (χ0n) is 20.6. The molecule has 5 rings (SSSR count). The predicted octanol–water partition coefficient (Wildman–Crippen LogP) is 5.17. The maximum Gasteiger partial charge on any atom is 0.364 e. The zero-order chi connectivity index (χ0) is 24.9. The molecule has 8 nitrogen and oxygen atoms in total. The molecule has 0 saturated heterocycles. The van der Waals surface area contributed by atoms with Crippen LogP contribution in [0, 0.1) is 0 Å². The highest BCUT2D eigenvalue weighted by molar-refractivity contribution is 5.89. The number of esters is 1. The second-order valence-corrected chi connectivity index (χ2v) is 9.02. The van der Waals surface area contributed by atoms with E-state index in [4.69, 9.17) is 14.2 Å². The van der Waals surface area contributed by atoms with Gasteiger partial charge in [-0.1, -0.05) is 29.5 Å². The fourth-order valence-corrected chi connectivity index (χ4v) is 4.78. The molecule has 1 fully saturated rings. The van der Waals surface area contributed by atoms with Crippen molar-refractivity contribution in [2.75, 3.05) is 13.7 Å². The number of aromatic nitrogens is 4. The smallest absolute Gasteiger partial charge is 0.364 e. The lowest BCUT2D eigenvalue weighted by Crippen LogP contribution is -2.25. The Morgan fingerprint density at radius 3 is 2.61 bits per heavy atom. The van der Waals surface area contributed by atoms with Crippen LogP contribution in [0.3, 0.4) is 0 Å². The Morgan fingerprint density at radius 1 is 1.06 bits per heavy atom. The van der Waals surface area contributed by atoms with E-state index in [0.717, 1.165) is 42.5 Å². The fourth-order valence-electron chi connectivity index (χ4n) is 4.78.